The summed E-state index contributed by atoms with van der Waals surface area (Å²) < 4.78 is 45.6. The average molecular weight is 472 g/mol. The first-order chi connectivity index (χ1) is 16.5. The molecule has 0 bridgehead atoms. The number of aromatic nitrogens is 3. The smallest absolute Gasteiger partial charge is 0.364 e. The van der Waals surface area contributed by atoms with Gasteiger partial charge in [0.15, 0.2) is 0 Å². The number of benzene rings is 2. The van der Waals surface area contributed by atoms with Crippen LogP contribution in [0.5, 0.6) is 11.6 Å². The lowest BCUT2D eigenvalue weighted by Gasteiger charge is -2.29. The van der Waals surface area contributed by atoms with Gasteiger partial charge in [-0.25, -0.2) is 18.3 Å². The van der Waals surface area contributed by atoms with Crippen LogP contribution in [-0.4, -0.2) is 40.8 Å². The summed E-state index contributed by atoms with van der Waals surface area (Å²) in [5, 5.41) is 8.15. The summed E-state index contributed by atoms with van der Waals surface area (Å²) in [4.78, 5) is 12.5. The van der Waals surface area contributed by atoms with Crippen LogP contribution in [0.1, 0.15) is 60.1 Å². The van der Waals surface area contributed by atoms with Gasteiger partial charge in [-0.2, -0.15) is 0 Å². The summed E-state index contributed by atoms with van der Waals surface area (Å²) in [6.07, 6.45) is 2.47. The molecular formula is C25H27F2N3O4. The van der Waals surface area contributed by atoms with Crippen molar-refractivity contribution in [1.29, 1.82) is 0 Å². The molecule has 0 spiro atoms. The lowest BCUT2D eigenvalue weighted by atomic mass is 9.82. The van der Waals surface area contributed by atoms with Crippen LogP contribution in [0.15, 0.2) is 42.5 Å². The number of carbonyl (C=O) groups is 1. The summed E-state index contributed by atoms with van der Waals surface area (Å²) in [6, 6.07) is 11.2. The Kier molecular flexibility index (Phi) is 7.40. The van der Waals surface area contributed by atoms with E-state index in [4.69, 9.17) is 14.2 Å². The van der Waals surface area contributed by atoms with Gasteiger partial charge in [-0.05, 0) is 67.9 Å². The van der Waals surface area contributed by atoms with Crippen LogP contribution < -0.4 is 9.47 Å². The Bertz CT molecular complexity index is 1130. The molecule has 0 radical (unpaired) electrons. The minimum Gasteiger partial charge on any atom is -0.497 e. The molecule has 1 heterocycles. The SMILES string of the molecule is CCOC(=O)c1nnn(Cc2ccc(OC)cc2)c1O[C@H]1CC[C@H](c2ccc(F)cc2F)CC1. The molecule has 0 aliphatic heterocycles. The Morgan fingerprint density at radius 3 is 2.47 bits per heavy atom. The van der Waals surface area contributed by atoms with E-state index < -0.39 is 17.6 Å². The van der Waals surface area contributed by atoms with Crippen LogP contribution in [-0.2, 0) is 11.3 Å². The highest BCUT2D eigenvalue weighted by atomic mass is 19.1. The molecule has 2 aromatic carbocycles. The standard InChI is InChI=1S/C25H27F2N3O4/c1-3-33-25(31)23-24(30(29-28-23)15-16-4-9-19(32-2)10-5-16)34-20-11-6-17(7-12-20)21-13-8-18(26)14-22(21)27/h4-5,8-10,13-14,17,20H,3,6-7,11-12,15H2,1-2H3/t17-,20-. The summed E-state index contributed by atoms with van der Waals surface area (Å²) >= 11 is 0. The van der Waals surface area contributed by atoms with Crippen molar-refractivity contribution in [3.63, 3.8) is 0 Å². The van der Waals surface area contributed by atoms with Crippen molar-refractivity contribution in [2.24, 2.45) is 0 Å². The molecule has 3 aromatic rings. The Hall–Kier alpha value is -3.49. The van der Waals surface area contributed by atoms with Crippen LogP contribution in [0.25, 0.3) is 0 Å². The van der Waals surface area contributed by atoms with Crippen LogP contribution in [0.4, 0.5) is 8.78 Å². The van der Waals surface area contributed by atoms with Crippen molar-refractivity contribution in [3.05, 3.63) is 70.9 Å². The molecule has 0 atom stereocenters. The first kappa shape index (κ1) is 23.7. The maximum atomic E-state index is 14.2. The van der Waals surface area contributed by atoms with Gasteiger partial charge >= 0.3 is 5.97 Å². The molecule has 0 N–H and O–H groups in total. The fourth-order valence-corrected chi connectivity index (χ4v) is 4.24. The summed E-state index contributed by atoms with van der Waals surface area (Å²) in [6.45, 7) is 2.27. The molecule has 1 saturated carbocycles. The lowest BCUT2D eigenvalue weighted by Crippen LogP contribution is -2.26. The third-order valence-corrected chi connectivity index (χ3v) is 6.00. The van der Waals surface area contributed by atoms with Gasteiger partial charge < -0.3 is 14.2 Å². The number of nitrogens with zero attached hydrogens (tertiary/aromatic N) is 3. The van der Waals surface area contributed by atoms with E-state index in [-0.39, 0.29) is 30.2 Å². The Morgan fingerprint density at radius 1 is 1.09 bits per heavy atom. The molecule has 9 heteroatoms. The van der Waals surface area contributed by atoms with Crippen molar-refractivity contribution >= 4 is 5.97 Å². The molecule has 7 nitrogen and oxygen atoms in total. The quantitative estimate of drug-likeness (QED) is 0.435. The van der Waals surface area contributed by atoms with Gasteiger partial charge in [-0.3, -0.25) is 0 Å². The number of hydrogen-bond donors (Lipinski definition) is 0. The maximum Gasteiger partial charge on any atom is 0.364 e. The number of methoxy groups -OCH3 is 1. The van der Waals surface area contributed by atoms with Crippen LogP contribution in [0, 0.1) is 11.6 Å². The minimum absolute atomic E-state index is 0.00712. The van der Waals surface area contributed by atoms with Gasteiger partial charge in [0.05, 0.1) is 20.3 Å². The maximum absolute atomic E-state index is 14.2. The zero-order valence-corrected chi connectivity index (χ0v) is 19.2. The molecule has 1 aliphatic rings. The van der Waals surface area contributed by atoms with Crippen LogP contribution in [0.2, 0.25) is 0 Å². The minimum atomic E-state index is -0.597. The summed E-state index contributed by atoms with van der Waals surface area (Å²) in [5.74, 6) is -0.711. The molecule has 1 fully saturated rings. The second-order valence-corrected chi connectivity index (χ2v) is 8.23. The lowest BCUT2D eigenvalue weighted by molar-refractivity contribution is 0.0507. The fourth-order valence-electron chi connectivity index (χ4n) is 4.24. The van der Waals surface area contributed by atoms with E-state index in [1.165, 1.54) is 12.1 Å². The molecule has 180 valence electrons. The van der Waals surface area contributed by atoms with E-state index in [2.05, 4.69) is 10.3 Å². The number of rotatable bonds is 8. The summed E-state index contributed by atoms with van der Waals surface area (Å²) in [5.41, 5.74) is 1.49. The topological polar surface area (TPSA) is 75.5 Å². The van der Waals surface area contributed by atoms with Gasteiger partial charge in [0.1, 0.15) is 23.5 Å². The Labute approximate surface area is 196 Å². The first-order valence-corrected chi connectivity index (χ1v) is 11.3. The van der Waals surface area contributed by atoms with E-state index in [1.807, 2.05) is 24.3 Å². The Balaban J connectivity index is 1.49. The van der Waals surface area contributed by atoms with Crippen molar-refractivity contribution in [2.45, 2.75) is 51.2 Å². The van der Waals surface area contributed by atoms with E-state index in [1.54, 1.807) is 18.7 Å². The van der Waals surface area contributed by atoms with Crippen molar-refractivity contribution in [3.8, 4) is 11.6 Å². The third kappa shape index (κ3) is 5.35. The molecule has 0 saturated heterocycles. The van der Waals surface area contributed by atoms with Crippen molar-refractivity contribution in [2.75, 3.05) is 13.7 Å². The summed E-state index contributed by atoms with van der Waals surface area (Å²) in [7, 11) is 1.60. The van der Waals surface area contributed by atoms with Crippen molar-refractivity contribution < 1.29 is 27.8 Å². The van der Waals surface area contributed by atoms with Crippen LogP contribution >= 0.6 is 0 Å². The number of halogens is 2. The molecule has 1 aromatic heterocycles. The zero-order chi connectivity index (χ0) is 24.1. The number of esters is 1. The molecular weight excluding hydrogens is 444 g/mol. The third-order valence-electron chi connectivity index (χ3n) is 6.00. The van der Waals surface area contributed by atoms with Gasteiger partial charge in [-0.1, -0.05) is 23.4 Å². The van der Waals surface area contributed by atoms with Gasteiger partial charge in [0.25, 0.3) is 0 Å². The highest BCUT2D eigenvalue weighted by Gasteiger charge is 2.30. The number of hydrogen-bond acceptors (Lipinski definition) is 6. The van der Waals surface area contributed by atoms with Crippen molar-refractivity contribution in [1.82, 2.24) is 15.0 Å². The predicted molar refractivity (Wildman–Crippen MR) is 120 cm³/mol. The molecule has 0 unspecified atom stereocenters. The average Bonchev–Trinajstić information content (AvgIpc) is 3.22. The van der Waals surface area contributed by atoms with E-state index in [0.717, 1.165) is 17.4 Å². The van der Waals surface area contributed by atoms with Gasteiger partial charge in [0.2, 0.25) is 11.6 Å². The van der Waals surface area contributed by atoms with Crippen LogP contribution in [0.3, 0.4) is 0 Å². The largest absolute Gasteiger partial charge is 0.497 e. The van der Waals surface area contributed by atoms with E-state index in [0.29, 0.717) is 37.8 Å². The van der Waals surface area contributed by atoms with Gasteiger partial charge in [-0.15, -0.1) is 5.10 Å². The molecule has 34 heavy (non-hydrogen) atoms. The second-order valence-electron chi connectivity index (χ2n) is 8.23. The first-order valence-electron chi connectivity index (χ1n) is 11.3. The predicted octanol–water partition coefficient (Wildman–Crippen LogP) is 4.90. The highest BCUT2D eigenvalue weighted by molar-refractivity contribution is 5.89. The number of ether oxygens (including phenoxy) is 3. The fraction of sp³-hybridized carbons (Fsp3) is 0.400. The van der Waals surface area contributed by atoms with Gasteiger partial charge in [0, 0.05) is 6.07 Å². The molecule has 4 rings (SSSR count). The normalized spacial score (nSPS) is 17.9. The Morgan fingerprint density at radius 2 is 1.82 bits per heavy atom. The second kappa shape index (κ2) is 10.6. The highest BCUT2D eigenvalue weighted by Crippen LogP contribution is 2.36. The van der Waals surface area contributed by atoms with E-state index in [9.17, 15) is 13.6 Å². The number of carbonyl (C=O) groups excluding carboxylic acids is 1. The van der Waals surface area contributed by atoms with E-state index >= 15 is 0 Å². The zero-order valence-electron chi connectivity index (χ0n) is 19.2. The monoisotopic (exact) mass is 471 g/mol. The molecule has 1 aliphatic carbocycles. The molecule has 0 amide bonds.